The van der Waals surface area contributed by atoms with Gasteiger partial charge in [-0.1, -0.05) is 62.2 Å². The Morgan fingerprint density at radius 1 is 0.880 bits per heavy atom. The van der Waals surface area contributed by atoms with Crippen LogP contribution in [0.4, 0.5) is 5.69 Å². The van der Waals surface area contributed by atoms with Gasteiger partial charge in [-0.05, 0) is 48.0 Å². The molecule has 0 aliphatic carbocycles. The molecule has 0 saturated heterocycles. The maximum absolute atomic E-state index is 5.97. The van der Waals surface area contributed by atoms with Crippen LogP contribution in [-0.4, -0.2) is 6.21 Å². The van der Waals surface area contributed by atoms with Crippen LogP contribution in [0.2, 0.25) is 0 Å². The lowest BCUT2D eigenvalue weighted by Gasteiger charge is -2.10. The zero-order valence-corrected chi connectivity index (χ0v) is 16.5. The molecule has 0 spiro atoms. The molecule has 1 N–H and O–H groups in total. The summed E-state index contributed by atoms with van der Waals surface area (Å²) < 4.78 is 8.00. The molecule has 25 heavy (non-hydrogen) atoms. The Labute approximate surface area is 164 Å². The van der Waals surface area contributed by atoms with Crippen LogP contribution >= 0.6 is 31.9 Å². The van der Waals surface area contributed by atoms with Crippen LogP contribution in [0.25, 0.3) is 0 Å². The number of nitrogens with zero attached hydrogens (tertiary/aromatic N) is 1. The zero-order valence-electron chi connectivity index (χ0n) is 13.3. The average molecular weight is 460 g/mol. The van der Waals surface area contributed by atoms with Gasteiger partial charge in [0.15, 0.2) is 0 Å². The Kier molecular flexibility index (Phi) is 6.25. The summed E-state index contributed by atoms with van der Waals surface area (Å²) in [5.74, 6) is 0.782. The van der Waals surface area contributed by atoms with E-state index in [1.165, 1.54) is 0 Å². The van der Waals surface area contributed by atoms with Gasteiger partial charge in [-0.3, -0.25) is 5.43 Å². The quantitative estimate of drug-likeness (QED) is 0.349. The summed E-state index contributed by atoms with van der Waals surface area (Å²) in [6.07, 6.45) is 1.76. The largest absolute Gasteiger partial charge is 0.488 e. The van der Waals surface area contributed by atoms with Crippen molar-refractivity contribution in [1.29, 1.82) is 0 Å². The number of ether oxygens (including phenoxy) is 1. The van der Waals surface area contributed by atoms with Crippen molar-refractivity contribution in [2.24, 2.45) is 5.10 Å². The number of hydrogen-bond acceptors (Lipinski definition) is 3. The molecule has 0 fully saturated rings. The molecule has 3 aromatic rings. The summed E-state index contributed by atoms with van der Waals surface area (Å²) in [5.41, 5.74) is 5.96. The summed E-state index contributed by atoms with van der Waals surface area (Å²) in [7, 11) is 0. The van der Waals surface area contributed by atoms with Crippen LogP contribution in [-0.2, 0) is 6.61 Å². The van der Waals surface area contributed by atoms with Crippen LogP contribution in [0.3, 0.4) is 0 Å². The lowest BCUT2D eigenvalue weighted by molar-refractivity contribution is 0.305. The maximum atomic E-state index is 5.97. The van der Waals surface area contributed by atoms with E-state index in [0.717, 1.165) is 31.5 Å². The van der Waals surface area contributed by atoms with Gasteiger partial charge in [0.1, 0.15) is 12.4 Å². The van der Waals surface area contributed by atoms with Crippen molar-refractivity contribution in [3.63, 3.8) is 0 Å². The summed E-state index contributed by atoms with van der Waals surface area (Å²) in [6, 6.07) is 23.8. The van der Waals surface area contributed by atoms with Gasteiger partial charge in [-0.2, -0.15) is 5.10 Å². The van der Waals surface area contributed by atoms with Crippen molar-refractivity contribution in [3.8, 4) is 5.75 Å². The third kappa shape index (κ3) is 5.44. The Hall–Kier alpha value is -2.11. The van der Waals surface area contributed by atoms with Crippen molar-refractivity contribution in [1.82, 2.24) is 0 Å². The van der Waals surface area contributed by atoms with E-state index in [4.69, 9.17) is 4.74 Å². The molecule has 0 bridgehead atoms. The molecule has 3 aromatic carbocycles. The number of benzene rings is 3. The number of anilines is 1. The number of halogens is 2. The van der Waals surface area contributed by atoms with Crippen LogP contribution in [0.1, 0.15) is 11.1 Å². The minimum absolute atomic E-state index is 0.502. The average Bonchev–Trinajstić information content (AvgIpc) is 2.63. The standard InChI is InChI=1S/C20H16Br2N2O/c21-17-8-6-15(7-9-17)14-25-20-11-10-18(22)12-16(20)13-23-24-19-4-2-1-3-5-19/h1-13,24H,14H2. The normalized spacial score (nSPS) is 10.8. The molecule has 3 nitrogen and oxygen atoms in total. The molecule has 0 unspecified atom stereocenters. The molecule has 0 aliphatic rings. The van der Waals surface area contributed by atoms with Crippen molar-refractivity contribution in [2.75, 3.05) is 5.43 Å². The first-order valence-electron chi connectivity index (χ1n) is 7.71. The number of nitrogens with one attached hydrogen (secondary N) is 1. The summed E-state index contributed by atoms with van der Waals surface area (Å²) in [4.78, 5) is 0. The fourth-order valence-electron chi connectivity index (χ4n) is 2.18. The minimum atomic E-state index is 0.502. The van der Waals surface area contributed by atoms with Gasteiger partial charge in [-0.15, -0.1) is 0 Å². The van der Waals surface area contributed by atoms with E-state index >= 15 is 0 Å². The second-order valence-corrected chi connectivity index (χ2v) is 7.16. The zero-order chi connectivity index (χ0) is 17.5. The predicted molar refractivity (Wildman–Crippen MR) is 110 cm³/mol. The molecule has 5 heteroatoms. The van der Waals surface area contributed by atoms with Gasteiger partial charge >= 0.3 is 0 Å². The summed E-state index contributed by atoms with van der Waals surface area (Å²) in [5, 5.41) is 4.30. The molecule has 3 rings (SSSR count). The van der Waals surface area contributed by atoms with Crippen molar-refractivity contribution in [3.05, 3.63) is 92.9 Å². The first-order valence-corrected chi connectivity index (χ1v) is 9.30. The van der Waals surface area contributed by atoms with Crippen LogP contribution in [0.15, 0.2) is 86.8 Å². The van der Waals surface area contributed by atoms with Gasteiger partial charge in [0.05, 0.1) is 11.9 Å². The van der Waals surface area contributed by atoms with E-state index in [2.05, 4.69) is 42.4 Å². The molecule has 0 atom stereocenters. The second-order valence-electron chi connectivity index (χ2n) is 5.33. The second kappa shape index (κ2) is 8.83. The summed E-state index contributed by atoms with van der Waals surface area (Å²) >= 11 is 6.93. The van der Waals surface area contributed by atoms with Crippen molar-refractivity contribution >= 4 is 43.8 Å². The fourth-order valence-corrected chi connectivity index (χ4v) is 2.83. The van der Waals surface area contributed by atoms with E-state index in [1.807, 2.05) is 72.8 Å². The van der Waals surface area contributed by atoms with E-state index < -0.39 is 0 Å². The van der Waals surface area contributed by atoms with E-state index in [-0.39, 0.29) is 0 Å². The molecule has 0 aliphatic heterocycles. The molecule has 126 valence electrons. The monoisotopic (exact) mass is 458 g/mol. The molecular weight excluding hydrogens is 444 g/mol. The highest BCUT2D eigenvalue weighted by Gasteiger charge is 2.04. The molecule has 0 heterocycles. The lowest BCUT2D eigenvalue weighted by Crippen LogP contribution is -1.99. The van der Waals surface area contributed by atoms with Gasteiger partial charge < -0.3 is 4.74 Å². The first-order chi connectivity index (χ1) is 12.2. The Balaban J connectivity index is 1.70. The topological polar surface area (TPSA) is 33.6 Å². The SMILES string of the molecule is Brc1ccc(COc2ccc(Br)cc2C=NNc2ccccc2)cc1. The van der Waals surface area contributed by atoms with E-state index in [1.54, 1.807) is 6.21 Å². The van der Waals surface area contributed by atoms with Crippen molar-refractivity contribution < 1.29 is 4.74 Å². The van der Waals surface area contributed by atoms with Crippen LogP contribution < -0.4 is 10.2 Å². The van der Waals surface area contributed by atoms with Gasteiger partial charge in [0, 0.05) is 14.5 Å². The highest BCUT2D eigenvalue weighted by Crippen LogP contribution is 2.23. The Morgan fingerprint density at radius 3 is 2.36 bits per heavy atom. The fraction of sp³-hybridized carbons (Fsp3) is 0.0500. The smallest absolute Gasteiger partial charge is 0.128 e. The van der Waals surface area contributed by atoms with Gasteiger partial charge in [0.25, 0.3) is 0 Å². The number of rotatable bonds is 6. The molecular formula is C20H16Br2N2O. The number of hydrazone groups is 1. The molecule has 0 aromatic heterocycles. The predicted octanol–water partition coefficient (Wildman–Crippen LogP) is 6.24. The number of hydrogen-bond donors (Lipinski definition) is 1. The molecule has 0 amide bonds. The highest BCUT2D eigenvalue weighted by molar-refractivity contribution is 9.10. The lowest BCUT2D eigenvalue weighted by atomic mass is 10.2. The Morgan fingerprint density at radius 2 is 1.60 bits per heavy atom. The third-order valence-electron chi connectivity index (χ3n) is 3.45. The first kappa shape index (κ1) is 17.7. The molecule has 0 saturated carbocycles. The van der Waals surface area contributed by atoms with Crippen molar-refractivity contribution in [2.45, 2.75) is 6.61 Å². The highest BCUT2D eigenvalue weighted by atomic mass is 79.9. The molecule has 0 radical (unpaired) electrons. The van der Waals surface area contributed by atoms with Gasteiger partial charge in [-0.25, -0.2) is 0 Å². The number of para-hydroxylation sites is 1. The third-order valence-corrected chi connectivity index (χ3v) is 4.47. The Bertz CT molecular complexity index is 849. The van der Waals surface area contributed by atoms with Crippen LogP contribution in [0.5, 0.6) is 5.75 Å². The van der Waals surface area contributed by atoms with Gasteiger partial charge in [0.2, 0.25) is 0 Å². The van der Waals surface area contributed by atoms with Crippen LogP contribution in [0, 0.1) is 0 Å². The van der Waals surface area contributed by atoms with E-state index in [9.17, 15) is 0 Å². The maximum Gasteiger partial charge on any atom is 0.128 e. The minimum Gasteiger partial charge on any atom is -0.488 e. The van der Waals surface area contributed by atoms with E-state index in [0.29, 0.717) is 6.61 Å². The summed E-state index contributed by atoms with van der Waals surface area (Å²) in [6.45, 7) is 0.502.